The molecule has 0 radical (unpaired) electrons. The molecule has 0 aromatic rings. The molecule has 1 fully saturated rings. The van der Waals surface area contributed by atoms with Gasteiger partial charge in [0, 0.05) is 0 Å². The number of hydrogen-bond acceptors (Lipinski definition) is 2. The van der Waals surface area contributed by atoms with E-state index in [0.29, 0.717) is 12.0 Å². The van der Waals surface area contributed by atoms with Crippen molar-refractivity contribution in [1.82, 2.24) is 0 Å². The van der Waals surface area contributed by atoms with Crippen molar-refractivity contribution in [3.8, 4) is 0 Å². The lowest BCUT2D eigenvalue weighted by atomic mass is 10.6. The van der Waals surface area contributed by atoms with Crippen molar-refractivity contribution in [2.75, 3.05) is 12.5 Å². The van der Waals surface area contributed by atoms with E-state index in [1.54, 1.807) is 0 Å². The summed E-state index contributed by atoms with van der Waals surface area (Å²) < 4.78 is 10.2. The Morgan fingerprint density at radius 1 is 1.80 bits per heavy atom. The van der Waals surface area contributed by atoms with Gasteiger partial charge in [0.15, 0.2) is 9.76 Å². The smallest absolute Gasteiger partial charge is 0.166 e. The van der Waals surface area contributed by atoms with Gasteiger partial charge in [-0.2, -0.15) is 0 Å². The molecule has 1 aliphatic rings. The molecular formula is C5H10Cl2O2Si. The van der Waals surface area contributed by atoms with Gasteiger partial charge in [-0.25, -0.2) is 0 Å². The molecule has 2 unspecified atom stereocenters. The van der Waals surface area contributed by atoms with Crippen molar-refractivity contribution in [3.05, 3.63) is 0 Å². The quantitative estimate of drug-likeness (QED) is 0.371. The zero-order chi connectivity index (χ0) is 7.40. The maximum atomic E-state index is 5.61. The van der Waals surface area contributed by atoms with Crippen molar-refractivity contribution in [2.24, 2.45) is 0 Å². The van der Waals surface area contributed by atoms with Crippen LogP contribution in [-0.4, -0.2) is 33.9 Å². The summed E-state index contributed by atoms with van der Waals surface area (Å²) in [7, 11) is -0.474. The highest BCUT2D eigenvalue weighted by molar-refractivity contribution is 6.32. The predicted molar refractivity (Wildman–Crippen MR) is 44.5 cm³/mol. The SMILES string of the molecule is ClCC(Cl)O[SiH2]CC1CO1. The molecule has 0 N–H and O–H groups in total. The molecule has 2 atom stereocenters. The van der Waals surface area contributed by atoms with Gasteiger partial charge in [0.25, 0.3) is 0 Å². The van der Waals surface area contributed by atoms with E-state index in [-0.39, 0.29) is 5.56 Å². The highest BCUT2D eigenvalue weighted by Gasteiger charge is 2.22. The minimum atomic E-state index is -0.474. The van der Waals surface area contributed by atoms with Crippen LogP contribution in [0.3, 0.4) is 0 Å². The summed E-state index contributed by atoms with van der Waals surface area (Å²) in [4.78, 5) is 0. The third-order valence-corrected chi connectivity index (χ3v) is 3.71. The maximum absolute atomic E-state index is 5.61. The molecule has 0 aromatic carbocycles. The van der Waals surface area contributed by atoms with Crippen molar-refractivity contribution in [3.63, 3.8) is 0 Å². The predicted octanol–water partition coefficient (Wildman–Crippen LogP) is 0.708. The van der Waals surface area contributed by atoms with Gasteiger partial charge in [-0.15, -0.1) is 11.6 Å². The number of hydrogen-bond donors (Lipinski definition) is 0. The summed E-state index contributed by atoms with van der Waals surface area (Å²) in [5.74, 6) is 0.375. The lowest BCUT2D eigenvalue weighted by Crippen LogP contribution is -2.11. The minimum absolute atomic E-state index is 0.285. The molecule has 2 nitrogen and oxygen atoms in total. The van der Waals surface area contributed by atoms with Crippen LogP contribution >= 0.6 is 23.2 Å². The van der Waals surface area contributed by atoms with E-state index in [1.165, 1.54) is 0 Å². The fourth-order valence-corrected chi connectivity index (χ4v) is 2.22. The fourth-order valence-electron chi connectivity index (χ4n) is 0.607. The third kappa shape index (κ3) is 3.78. The molecule has 1 rings (SSSR count). The lowest BCUT2D eigenvalue weighted by molar-refractivity contribution is 0.316. The van der Waals surface area contributed by atoms with Gasteiger partial charge in [-0.05, 0) is 6.04 Å². The third-order valence-electron chi connectivity index (χ3n) is 1.26. The highest BCUT2D eigenvalue weighted by Crippen LogP contribution is 2.13. The monoisotopic (exact) mass is 200 g/mol. The van der Waals surface area contributed by atoms with E-state index in [9.17, 15) is 0 Å². The van der Waals surface area contributed by atoms with Crippen LogP contribution in [0.25, 0.3) is 0 Å². The molecule has 10 heavy (non-hydrogen) atoms. The Hall–Kier alpha value is 0.717. The molecule has 0 aromatic heterocycles. The Morgan fingerprint density at radius 2 is 2.50 bits per heavy atom. The van der Waals surface area contributed by atoms with E-state index in [1.807, 2.05) is 0 Å². The number of ether oxygens (including phenoxy) is 1. The second-order valence-electron chi connectivity index (χ2n) is 2.18. The summed E-state index contributed by atoms with van der Waals surface area (Å²) in [6, 6.07) is 1.07. The lowest BCUT2D eigenvalue weighted by Gasteiger charge is -2.05. The Morgan fingerprint density at radius 3 is 3.00 bits per heavy atom. The van der Waals surface area contributed by atoms with Crippen LogP contribution in [0.2, 0.25) is 6.04 Å². The van der Waals surface area contributed by atoms with Gasteiger partial charge in [0.2, 0.25) is 0 Å². The van der Waals surface area contributed by atoms with E-state index >= 15 is 0 Å². The second kappa shape index (κ2) is 4.57. The molecule has 0 spiro atoms. The van der Waals surface area contributed by atoms with Crippen molar-refractivity contribution < 1.29 is 9.16 Å². The van der Waals surface area contributed by atoms with Crippen LogP contribution in [0.15, 0.2) is 0 Å². The van der Waals surface area contributed by atoms with E-state index < -0.39 is 9.76 Å². The van der Waals surface area contributed by atoms with Crippen LogP contribution in [-0.2, 0) is 9.16 Å². The molecule has 1 heterocycles. The summed E-state index contributed by atoms with van der Waals surface area (Å²) in [6.45, 7) is 0.907. The van der Waals surface area contributed by atoms with Gasteiger partial charge >= 0.3 is 0 Å². The van der Waals surface area contributed by atoms with Crippen molar-refractivity contribution in [1.29, 1.82) is 0 Å². The molecule has 0 amide bonds. The topological polar surface area (TPSA) is 21.8 Å². The van der Waals surface area contributed by atoms with Gasteiger partial charge in [-0.3, -0.25) is 0 Å². The summed E-state index contributed by atoms with van der Waals surface area (Å²) in [5.41, 5.74) is -0.285. The Kier molecular flexibility index (Phi) is 4.02. The fraction of sp³-hybridized carbons (Fsp3) is 1.00. The first-order valence-corrected chi connectivity index (χ1v) is 5.81. The van der Waals surface area contributed by atoms with Gasteiger partial charge in [0.1, 0.15) is 5.56 Å². The average Bonchev–Trinajstić information content (AvgIpc) is 2.71. The van der Waals surface area contributed by atoms with Gasteiger partial charge in [-0.1, -0.05) is 11.6 Å². The molecule has 60 valence electrons. The molecule has 0 aliphatic carbocycles. The number of halogens is 2. The first-order valence-electron chi connectivity index (χ1n) is 3.26. The van der Waals surface area contributed by atoms with Gasteiger partial charge in [0.05, 0.1) is 18.6 Å². The number of rotatable bonds is 5. The number of alkyl halides is 2. The van der Waals surface area contributed by atoms with E-state index in [4.69, 9.17) is 32.4 Å². The zero-order valence-corrected chi connectivity index (χ0v) is 8.48. The standard InChI is InChI=1S/C5H10Cl2O2Si/c6-1-5(7)9-10-3-4-2-8-4/h4-5H,1-3,10H2. The first-order chi connectivity index (χ1) is 4.83. The largest absolute Gasteiger partial charge is 0.407 e. The van der Waals surface area contributed by atoms with Crippen LogP contribution in [0, 0.1) is 0 Å². The molecule has 5 heteroatoms. The zero-order valence-electron chi connectivity index (χ0n) is 5.56. The Bertz CT molecular complexity index is 99.6. The van der Waals surface area contributed by atoms with E-state index in [0.717, 1.165) is 12.7 Å². The Balaban J connectivity index is 1.83. The summed E-state index contributed by atoms with van der Waals surface area (Å²) in [5, 5.41) is 0. The number of epoxide rings is 1. The average molecular weight is 201 g/mol. The molecule has 0 saturated carbocycles. The van der Waals surface area contributed by atoms with Crippen LogP contribution in [0.4, 0.5) is 0 Å². The first kappa shape index (κ1) is 8.81. The van der Waals surface area contributed by atoms with Crippen LogP contribution in [0.5, 0.6) is 0 Å². The molecular weight excluding hydrogens is 191 g/mol. The molecule has 1 saturated heterocycles. The van der Waals surface area contributed by atoms with Crippen LogP contribution < -0.4 is 0 Å². The van der Waals surface area contributed by atoms with Crippen molar-refractivity contribution in [2.45, 2.75) is 17.7 Å². The summed E-state index contributed by atoms with van der Waals surface area (Å²) >= 11 is 11.0. The van der Waals surface area contributed by atoms with Crippen molar-refractivity contribution >= 4 is 33.0 Å². The van der Waals surface area contributed by atoms with E-state index in [2.05, 4.69) is 0 Å². The highest BCUT2D eigenvalue weighted by atomic mass is 35.5. The van der Waals surface area contributed by atoms with Crippen LogP contribution in [0.1, 0.15) is 0 Å². The van der Waals surface area contributed by atoms with Gasteiger partial charge < -0.3 is 9.16 Å². The minimum Gasteiger partial charge on any atom is -0.407 e. The normalized spacial score (nSPS) is 27.6. The summed E-state index contributed by atoms with van der Waals surface area (Å²) in [6.07, 6.45) is 0.478. The molecule has 1 aliphatic heterocycles. The second-order valence-corrected chi connectivity index (χ2v) is 4.29. The Labute approximate surface area is 72.7 Å². The maximum Gasteiger partial charge on any atom is 0.166 e. The molecule has 0 bridgehead atoms.